The molecule has 2 heterocycles. The topological polar surface area (TPSA) is 64.3 Å². The van der Waals surface area contributed by atoms with Crippen LogP contribution in [-0.4, -0.2) is 39.6 Å². The van der Waals surface area contributed by atoms with E-state index in [-0.39, 0.29) is 5.65 Å². The Kier molecular flexibility index (Phi) is 4.94. The predicted molar refractivity (Wildman–Crippen MR) is 70.0 cm³/mol. The Morgan fingerprint density at radius 1 is 1.24 bits per heavy atom. The van der Waals surface area contributed by atoms with E-state index in [1.807, 2.05) is 6.92 Å². The van der Waals surface area contributed by atoms with Crippen molar-refractivity contribution in [3.63, 3.8) is 0 Å². The molecular formula is C12H16F3N5O. The number of anilines is 1. The van der Waals surface area contributed by atoms with Crippen LogP contribution in [0.4, 0.5) is 19.0 Å². The van der Waals surface area contributed by atoms with Gasteiger partial charge in [0.25, 0.3) is 5.82 Å². The first-order valence-electron chi connectivity index (χ1n) is 6.63. The average molecular weight is 303 g/mol. The molecule has 21 heavy (non-hydrogen) atoms. The van der Waals surface area contributed by atoms with Gasteiger partial charge < -0.3 is 10.1 Å². The van der Waals surface area contributed by atoms with Crippen molar-refractivity contribution in [2.75, 3.05) is 25.1 Å². The van der Waals surface area contributed by atoms with Crippen LogP contribution in [0.2, 0.25) is 0 Å². The van der Waals surface area contributed by atoms with E-state index in [0.717, 1.165) is 12.8 Å². The summed E-state index contributed by atoms with van der Waals surface area (Å²) in [4.78, 5) is 0. The molecule has 2 aromatic heterocycles. The Morgan fingerprint density at radius 3 is 2.76 bits per heavy atom. The molecule has 0 atom stereocenters. The number of aromatic nitrogens is 4. The lowest BCUT2D eigenvalue weighted by Crippen LogP contribution is -2.14. The van der Waals surface area contributed by atoms with E-state index >= 15 is 0 Å². The van der Waals surface area contributed by atoms with Crippen molar-refractivity contribution in [1.82, 2.24) is 19.8 Å². The van der Waals surface area contributed by atoms with Gasteiger partial charge in [0, 0.05) is 19.8 Å². The van der Waals surface area contributed by atoms with E-state index in [1.54, 1.807) is 6.07 Å². The molecule has 0 aliphatic carbocycles. The molecule has 0 spiro atoms. The summed E-state index contributed by atoms with van der Waals surface area (Å²) in [5, 5.41) is 13.4. The number of alkyl halides is 3. The van der Waals surface area contributed by atoms with Crippen molar-refractivity contribution < 1.29 is 17.9 Å². The molecule has 0 unspecified atom stereocenters. The molecule has 0 aromatic carbocycles. The largest absolute Gasteiger partial charge is 0.453 e. The highest BCUT2D eigenvalue weighted by molar-refractivity contribution is 5.44. The van der Waals surface area contributed by atoms with E-state index in [1.165, 1.54) is 6.07 Å². The summed E-state index contributed by atoms with van der Waals surface area (Å²) >= 11 is 0. The smallest absolute Gasteiger partial charge is 0.381 e. The molecule has 0 fully saturated rings. The van der Waals surface area contributed by atoms with Crippen LogP contribution in [-0.2, 0) is 10.9 Å². The summed E-state index contributed by atoms with van der Waals surface area (Å²) in [7, 11) is 0. The minimum absolute atomic E-state index is 0.0548. The zero-order valence-electron chi connectivity index (χ0n) is 11.5. The first-order valence-corrected chi connectivity index (χ1v) is 6.63. The number of ether oxygens (including phenoxy) is 1. The lowest BCUT2D eigenvalue weighted by Gasteiger charge is -2.07. The molecular weight excluding hydrogens is 287 g/mol. The van der Waals surface area contributed by atoms with Crippen LogP contribution in [0.3, 0.4) is 0 Å². The van der Waals surface area contributed by atoms with Gasteiger partial charge in [-0.15, -0.1) is 15.3 Å². The van der Waals surface area contributed by atoms with Crippen LogP contribution < -0.4 is 5.32 Å². The van der Waals surface area contributed by atoms with Crippen molar-refractivity contribution in [2.45, 2.75) is 25.9 Å². The van der Waals surface area contributed by atoms with Crippen LogP contribution in [0.1, 0.15) is 25.6 Å². The Hall–Kier alpha value is -1.90. The van der Waals surface area contributed by atoms with E-state index in [4.69, 9.17) is 4.74 Å². The quantitative estimate of drug-likeness (QED) is 0.796. The molecule has 0 bridgehead atoms. The number of hydrogen-bond acceptors (Lipinski definition) is 5. The number of hydrogen-bond donors (Lipinski definition) is 1. The third kappa shape index (κ3) is 4.03. The van der Waals surface area contributed by atoms with E-state index < -0.39 is 12.0 Å². The number of rotatable bonds is 7. The van der Waals surface area contributed by atoms with Crippen LogP contribution in [0.5, 0.6) is 0 Å². The van der Waals surface area contributed by atoms with Crippen molar-refractivity contribution in [3.8, 4) is 0 Å². The van der Waals surface area contributed by atoms with Gasteiger partial charge in [-0.25, -0.2) is 0 Å². The maximum Gasteiger partial charge on any atom is 0.453 e. The van der Waals surface area contributed by atoms with Crippen LogP contribution >= 0.6 is 0 Å². The molecule has 0 amide bonds. The normalized spacial score (nSPS) is 12.0. The second-order valence-corrected chi connectivity index (χ2v) is 4.40. The summed E-state index contributed by atoms with van der Waals surface area (Å²) in [6, 6.07) is 3.00. The molecule has 0 saturated heterocycles. The number of halogens is 3. The average Bonchev–Trinajstić information content (AvgIpc) is 2.85. The van der Waals surface area contributed by atoms with Gasteiger partial charge in [-0.05, 0) is 25.0 Å². The molecule has 0 saturated carbocycles. The standard InChI is InChI=1S/C12H16F3N5O/c1-2-7-21-8-3-6-16-9-4-5-10-17-18-11(12(13,14)15)20(10)19-9/h4-5H,2-3,6-8H2,1H3,(H,16,19). The van der Waals surface area contributed by atoms with Crippen LogP contribution in [0.25, 0.3) is 5.65 Å². The summed E-state index contributed by atoms with van der Waals surface area (Å²) in [5.41, 5.74) is 0.0548. The minimum atomic E-state index is -4.58. The molecule has 9 heteroatoms. The molecule has 2 aromatic rings. The van der Waals surface area contributed by atoms with E-state index in [2.05, 4.69) is 20.6 Å². The first kappa shape index (κ1) is 15.5. The SMILES string of the molecule is CCCOCCCNc1ccc2nnc(C(F)(F)F)n2n1. The maximum atomic E-state index is 12.7. The molecule has 0 aliphatic heterocycles. The summed E-state index contributed by atoms with van der Waals surface area (Å²) in [5.74, 6) is -0.796. The van der Waals surface area contributed by atoms with Gasteiger partial charge in [-0.3, -0.25) is 0 Å². The molecule has 0 aliphatic rings. The Bertz CT molecular complexity index is 584. The van der Waals surface area contributed by atoms with Crippen molar-refractivity contribution in [2.24, 2.45) is 0 Å². The molecule has 6 nitrogen and oxygen atoms in total. The summed E-state index contributed by atoms with van der Waals surface area (Å²) < 4.78 is 44.1. The molecule has 1 N–H and O–H groups in total. The fraction of sp³-hybridized carbons (Fsp3) is 0.583. The number of nitrogens with one attached hydrogen (secondary N) is 1. The Balaban J connectivity index is 1.98. The van der Waals surface area contributed by atoms with E-state index in [0.29, 0.717) is 30.1 Å². The van der Waals surface area contributed by atoms with Crippen LogP contribution in [0.15, 0.2) is 12.1 Å². The van der Waals surface area contributed by atoms with Gasteiger partial charge >= 0.3 is 6.18 Å². The molecule has 0 radical (unpaired) electrons. The Morgan fingerprint density at radius 2 is 2.05 bits per heavy atom. The van der Waals surface area contributed by atoms with Gasteiger partial charge in [0.1, 0.15) is 5.82 Å². The summed E-state index contributed by atoms with van der Waals surface area (Å²) in [6.07, 6.45) is -2.88. The van der Waals surface area contributed by atoms with Gasteiger partial charge in [0.2, 0.25) is 0 Å². The monoisotopic (exact) mass is 303 g/mol. The summed E-state index contributed by atoms with van der Waals surface area (Å²) in [6.45, 7) is 3.89. The molecule has 116 valence electrons. The van der Waals surface area contributed by atoms with Gasteiger partial charge in [0.15, 0.2) is 5.65 Å². The zero-order chi connectivity index (χ0) is 15.3. The van der Waals surface area contributed by atoms with Crippen molar-refractivity contribution in [3.05, 3.63) is 18.0 Å². The predicted octanol–water partition coefficient (Wildman–Crippen LogP) is 2.37. The van der Waals surface area contributed by atoms with Gasteiger partial charge in [-0.1, -0.05) is 6.92 Å². The first-order chi connectivity index (χ1) is 10.0. The highest BCUT2D eigenvalue weighted by atomic mass is 19.4. The van der Waals surface area contributed by atoms with Crippen molar-refractivity contribution >= 4 is 11.5 Å². The second kappa shape index (κ2) is 6.70. The molecule has 2 rings (SSSR count). The number of fused-ring (bicyclic) bond motifs is 1. The number of nitrogens with zero attached hydrogens (tertiary/aromatic N) is 4. The fourth-order valence-electron chi connectivity index (χ4n) is 1.70. The lowest BCUT2D eigenvalue weighted by atomic mass is 10.4. The highest BCUT2D eigenvalue weighted by Gasteiger charge is 2.37. The maximum absolute atomic E-state index is 12.7. The van der Waals surface area contributed by atoms with E-state index in [9.17, 15) is 13.2 Å². The Labute approximate surface area is 119 Å². The van der Waals surface area contributed by atoms with Crippen molar-refractivity contribution in [1.29, 1.82) is 0 Å². The highest BCUT2D eigenvalue weighted by Crippen LogP contribution is 2.27. The minimum Gasteiger partial charge on any atom is -0.381 e. The lowest BCUT2D eigenvalue weighted by molar-refractivity contribution is -0.146. The second-order valence-electron chi connectivity index (χ2n) is 4.40. The zero-order valence-corrected chi connectivity index (χ0v) is 11.5. The van der Waals surface area contributed by atoms with Gasteiger partial charge in [0.05, 0.1) is 0 Å². The van der Waals surface area contributed by atoms with Crippen LogP contribution in [0, 0.1) is 0 Å². The third-order valence-electron chi connectivity index (χ3n) is 2.64. The third-order valence-corrected chi connectivity index (χ3v) is 2.64. The van der Waals surface area contributed by atoms with Gasteiger partial charge in [-0.2, -0.15) is 17.7 Å². The fourth-order valence-corrected chi connectivity index (χ4v) is 1.70.